The quantitative estimate of drug-likeness (QED) is 0.240. The number of hydrogen-bond acceptors (Lipinski definition) is 9. The van der Waals surface area contributed by atoms with E-state index < -0.39 is 49.8 Å². The predicted octanol–water partition coefficient (Wildman–Crippen LogP) is 4.45. The molecule has 1 aliphatic heterocycles. The molecule has 2 N–H and O–H groups in total. The smallest absolute Gasteiger partial charge is 0.335 e. The molecule has 0 unspecified atom stereocenters. The fraction of sp³-hybridized carbons (Fsp3) is 0.406. The molecule has 11 heteroatoms. The number of hydrogen-bond donors (Lipinski definition) is 2. The highest BCUT2D eigenvalue weighted by Gasteiger charge is 2.58. The lowest BCUT2D eigenvalue weighted by molar-refractivity contribution is -0.324. The van der Waals surface area contributed by atoms with Gasteiger partial charge in [-0.2, -0.15) is 0 Å². The number of nitrogens with one attached hydrogen (secondary N) is 1. The van der Waals surface area contributed by atoms with Crippen molar-refractivity contribution in [3.05, 3.63) is 108 Å². The maximum Gasteiger partial charge on any atom is 0.335 e. The van der Waals surface area contributed by atoms with E-state index in [1.807, 2.05) is 91.0 Å². The van der Waals surface area contributed by atoms with E-state index >= 15 is 0 Å². The van der Waals surface area contributed by atoms with Crippen LogP contribution in [0.1, 0.15) is 23.6 Å². The number of ether oxygens (including phenoxy) is 4. The number of benzene rings is 3. The predicted molar refractivity (Wildman–Crippen MR) is 160 cm³/mol. The minimum atomic E-state index is -3.85. The molecular weight excluding hydrogens is 573 g/mol. The number of rotatable bonds is 15. The molecule has 232 valence electrons. The maximum absolute atomic E-state index is 13.3. The van der Waals surface area contributed by atoms with Crippen molar-refractivity contribution in [3.8, 4) is 0 Å². The lowest BCUT2D eigenvalue weighted by atomic mass is 9.90. The Morgan fingerprint density at radius 1 is 0.814 bits per heavy atom. The fourth-order valence-electron chi connectivity index (χ4n) is 5.01. The second-order valence-corrected chi connectivity index (χ2v) is 12.6. The van der Waals surface area contributed by atoms with Gasteiger partial charge < -0.3 is 38.4 Å². The van der Waals surface area contributed by atoms with E-state index in [2.05, 4.69) is 5.32 Å². The molecule has 1 fully saturated rings. The van der Waals surface area contributed by atoms with Crippen molar-refractivity contribution >= 4 is 13.5 Å². The van der Waals surface area contributed by atoms with Crippen molar-refractivity contribution in [3.63, 3.8) is 0 Å². The molecule has 0 aliphatic carbocycles. The standard InChI is InChI=1S/C32H40NO9P/c1-24(34)33-31-30(41-21-27-17-11-6-12-18-27)29(40-20-26-15-9-5-10-16-26)28(22-39-19-25-13-7-4-8-14-25)42-32(31,35)23-43(36,37-2)38-3/h4-18,28-31,35H,19-23H2,1-3H3,(H,33,34)/t28-,29-,30+,31-,32+/m1/s1. The van der Waals surface area contributed by atoms with Crippen LogP contribution in [0.5, 0.6) is 0 Å². The van der Waals surface area contributed by atoms with Crippen molar-refractivity contribution < 1.29 is 42.5 Å². The molecule has 0 bridgehead atoms. The van der Waals surface area contributed by atoms with Crippen LogP contribution < -0.4 is 5.32 Å². The fourth-order valence-corrected chi connectivity index (χ4v) is 6.25. The zero-order valence-corrected chi connectivity index (χ0v) is 25.6. The Labute approximate surface area is 252 Å². The van der Waals surface area contributed by atoms with Gasteiger partial charge in [0.15, 0.2) is 0 Å². The molecule has 1 amide bonds. The van der Waals surface area contributed by atoms with Gasteiger partial charge in [-0.05, 0) is 16.7 Å². The number of carbonyl (C=O) groups excluding carboxylic acids is 1. The van der Waals surface area contributed by atoms with Crippen LogP contribution in [0.15, 0.2) is 91.0 Å². The molecule has 10 nitrogen and oxygen atoms in total. The van der Waals surface area contributed by atoms with Gasteiger partial charge in [0.05, 0.1) is 26.4 Å². The van der Waals surface area contributed by atoms with Gasteiger partial charge in [-0.1, -0.05) is 91.0 Å². The molecule has 1 saturated heterocycles. The SMILES string of the molecule is COP(=O)(C[C@]1(O)O[C@H](COCc2ccccc2)[C@@H](OCc2ccccc2)[C@H](OCc2ccccc2)[C@H]1NC(C)=O)OC. The molecule has 3 aromatic carbocycles. The molecule has 43 heavy (non-hydrogen) atoms. The van der Waals surface area contributed by atoms with Gasteiger partial charge in [0, 0.05) is 21.1 Å². The van der Waals surface area contributed by atoms with Gasteiger partial charge in [0.25, 0.3) is 0 Å². The highest BCUT2D eigenvalue weighted by atomic mass is 31.2. The van der Waals surface area contributed by atoms with Crippen molar-refractivity contribution in [2.24, 2.45) is 0 Å². The molecule has 3 aromatic rings. The Kier molecular flexibility index (Phi) is 12.0. The van der Waals surface area contributed by atoms with E-state index in [9.17, 15) is 14.5 Å². The van der Waals surface area contributed by atoms with E-state index in [0.29, 0.717) is 0 Å². The van der Waals surface area contributed by atoms with Crippen molar-refractivity contribution in [1.29, 1.82) is 0 Å². The zero-order valence-electron chi connectivity index (χ0n) is 24.7. The first kappa shape index (κ1) is 33.0. The number of aliphatic hydroxyl groups is 1. The topological polar surface area (TPSA) is 122 Å². The molecule has 0 radical (unpaired) electrons. The Hall–Kier alpha value is -2.92. The summed E-state index contributed by atoms with van der Waals surface area (Å²) in [6.07, 6.45) is -3.25. The van der Waals surface area contributed by atoms with Crippen LogP contribution in [0.4, 0.5) is 0 Å². The third kappa shape index (κ3) is 9.28. The number of amides is 1. The monoisotopic (exact) mass is 613 g/mol. The van der Waals surface area contributed by atoms with E-state index in [4.69, 9.17) is 28.0 Å². The summed E-state index contributed by atoms with van der Waals surface area (Å²) < 4.78 is 48.9. The molecule has 1 heterocycles. The molecule has 0 saturated carbocycles. The highest BCUT2D eigenvalue weighted by Crippen LogP contribution is 2.51. The normalized spacial score (nSPS) is 24.0. The maximum atomic E-state index is 13.3. The second kappa shape index (κ2) is 15.7. The van der Waals surface area contributed by atoms with Gasteiger partial charge in [0.2, 0.25) is 11.7 Å². The van der Waals surface area contributed by atoms with Crippen LogP contribution in [0.3, 0.4) is 0 Å². The molecule has 1 aliphatic rings. The van der Waals surface area contributed by atoms with Crippen LogP contribution in [-0.4, -0.2) is 68.1 Å². The summed E-state index contributed by atoms with van der Waals surface area (Å²) in [5.74, 6) is -2.69. The summed E-state index contributed by atoms with van der Waals surface area (Å²) in [6, 6.07) is 27.5. The lowest BCUT2D eigenvalue weighted by Gasteiger charge is -2.51. The minimum Gasteiger partial charge on any atom is -0.374 e. The Morgan fingerprint density at radius 3 is 1.74 bits per heavy atom. The van der Waals surface area contributed by atoms with Gasteiger partial charge in [-0.25, -0.2) is 0 Å². The van der Waals surface area contributed by atoms with Crippen LogP contribution in [-0.2, 0) is 57.2 Å². The Bertz CT molecular complexity index is 1310. The van der Waals surface area contributed by atoms with Crippen LogP contribution in [0, 0.1) is 0 Å². The third-order valence-electron chi connectivity index (χ3n) is 7.16. The third-order valence-corrected chi connectivity index (χ3v) is 9.11. The van der Waals surface area contributed by atoms with E-state index in [1.165, 1.54) is 21.1 Å². The zero-order chi connectivity index (χ0) is 30.7. The summed E-state index contributed by atoms with van der Waals surface area (Å²) in [4.78, 5) is 12.5. The van der Waals surface area contributed by atoms with E-state index in [0.717, 1.165) is 16.7 Å². The van der Waals surface area contributed by atoms with Crippen LogP contribution >= 0.6 is 7.60 Å². The Morgan fingerprint density at radius 2 is 1.28 bits per heavy atom. The molecule has 4 rings (SSSR count). The Balaban J connectivity index is 1.70. The highest BCUT2D eigenvalue weighted by molar-refractivity contribution is 7.53. The molecule has 0 aromatic heterocycles. The van der Waals surface area contributed by atoms with Crippen LogP contribution in [0.25, 0.3) is 0 Å². The van der Waals surface area contributed by atoms with Gasteiger partial charge in [-0.3, -0.25) is 9.36 Å². The van der Waals surface area contributed by atoms with Gasteiger partial charge in [-0.15, -0.1) is 0 Å². The largest absolute Gasteiger partial charge is 0.374 e. The van der Waals surface area contributed by atoms with Gasteiger partial charge >= 0.3 is 7.60 Å². The summed E-state index contributed by atoms with van der Waals surface area (Å²) >= 11 is 0. The first-order chi connectivity index (χ1) is 20.7. The molecule has 0 spiro atoms. The first-order valence-electron chi connectivity index (χ1n) is 14.1. The van der Waals surface area contributed by atoms with Crippen molar-refractivity contribution in [2.45, 2.75) is 56.9 Å². The summed E-state index contributed by atoms with van der Waals surface area (Å²) in [7, 11) is -1.40. The van der Waals surface area contributed by atoms with Gasteiger partial charge in [0.1, 0.15) is 30.5 Å². The first-order valence-corrected chi connectivity index (χ1v) is 15.8. The second-order valence-electron chi connectivity index (χ2n) is 10.3. The lowest BCUT2D eigenvalue weighted by Crippen LogP contribution is -2.72. The van der Waals surface area contributed by atoms with E-state index in [1.54, 1.807) is 0 Å². The average Bonchev–Trinajstić information content (AvgIpc) is 3.02. The van der Waals surface area contributed by atoms with Crippen molar-refractivity contribution in [2.75, 3.05) is 27.0 Å². The summed E-state index contributed by atoms with van der Waals surface area (Å²) in [5, 5.41) is 14.8. The summed E-state index contributed by atoms with van der Waals surface area (Å²) in [6.45, 7) is 1.94. The molecule has 5 atom stereocenters. The van der Waals surface area contributed by atoms with Crippen molar-refractivity contribution in [1.82, 2.24) is 5.32 Å². The van der Waals surface area contributed by atoms with E-state index in [-0.39, 0.29) is 26.4 Å². The average molecular weight is 614 g/mol. The number of carbonyl (C=O) groups is 1. The summed E-state index contributed by atoms with van der Waals surface area (Å²) in [5.41, 5.74) is 2.73. The van der Waals surface area contributed by atoms with Crippen LogP contribution in [0.2, 0.25) is 0 Å². The molecular formula is C32H40NO9P. The minimum absolute atomic E-state index is 0.00108.